The van der Waals surface area contributed by atoms with Gasteiger partial charge in [0.25, 0.3) is 5.56 Å². The van der Waals surface area contributed by atoms with Crippen molar-refractivity contribution in [3.05, 3.63) is 57.2 Å². The minimum Gasteiger partial charge on any atom is -0.385 e. The molecule has 0 spiro atoms. The van der Waals surface area contributed by atoms with Gasteiger partial charge in [0.2, 0.25) is 0 Å². The molecule has 2 rings (SSSR count). The van der Waals surface area contributed by atoms with Crippen molar-refractivity contribution < 1.29 is 0 Å². The fourth-order valence-electron chi connectivity index (χ4n) is 1.65. The van der Waals surface area contributed by atoms with Gasteiger partial charge in [-0.1, -0.05) is 11.6 Å². The van der Waals surface area contributed by atoms with E-state index in [4.69, 9.17) is 11.6 Å². The molecule has 0 amide bonds. The van der Waals surface area contributed by atoms with Crippen LogP contribution in [0.5, 0.6) is 0 Å². The Morgan fingerprint density at radius 2 is 2.06 bits per heavy atom. The van der Waals surface area contributed by atoms with Crippen LogP contribution < -0.4 is 10.9 Å². The number of benzene rings is 1. The molecule has 0 saturated carbocycles. The average Bonchev–Trinajstić information content (AvgIpc) is 2.30. The highest BCUT2D eigenvalue weighted by Gasteiger charge is 1.98. The molecule has 1 heterocycles. The van der Waals surface area contributed by atoms with Crippen LogP contribution in [0.2, 0.25) is 5.02 Å². The number of halogens is 1. The molecule has 0 saturated heterocycles. The smallest absolute Gasteiger partial charge is 0.251 e. The first kappa shape index (κ1) is 12.6. The number of aryl methyl sites for hydroxylation is 1. The van der Waals surface area contributed by atoms with Crippen molar-refractivity contribution in [2.45, 2.75) is 13.3 Å². The van der Waals surface area contributed by atoms with E-state index in [1.54, 1.807) is 0 Å². The lowest BCUT2D eigenvalue weighted by Crippen LogP contribution is -2.14. The summed E-state index contributed by atoms with van der Waals surface area (Å²) in [6.07, 6.45) is 0.666. The highest BCUT2D eigenvalue weighted by atomic mass is 35.5. The summed E-state index contributed by atoms with van der Waals surface area (Å²) in [7, 11) is 0. The van der Waals surface area contributed by atoms with Gasteiger partial charge < -0.3 is 10.3 Å². The molecule has 0 atom stereocenters. The lowest BCUT2D eigenvalue weighted by Gasteiger charge is -2.06. The zero-order chi connectivity index (χ0) is 13.0. The van der Waals surface area contributed by atoms with Crippen LogP contribution in [-0.2, 0) is 6.42 Å². The molecule has 2 N–H and O–H groups in total. The molecule has 0 unspecified atom stereocenters. The Kier molecular flexibility index (Phi) is 3.99. The van der Waals surface area contributed by atoms with Crippen LogP contribution in [0.3, 0.4) is 0 Å². The van der Waals surface area contributed by atoms with E-state index >= 15 is 0 Å². The molecule has 0 aliphatic heterocycles. The number of aromatic amines is 1. The molecule has 2 aromatic rings. The number of aromatic nitrogens is 2. The monoisotopic (exact) mass is 263 g/mol. The summed E-state index contributed by atoms with van der Waals surface area (Å²) in [5, 5.41) is 3.95. The number of anilines is 1. The van der Waals surface area contributed by atoms with Gasteiger partial charge in [0, 0.05) is 35.4 Å². The Morgan fingerprint density at radius 3 is 2.72 bits per heavy atom. The van der Waals surface area contributed by atoms with E-state index in [0.29, 0.717) is 23.8 Å². The molecule has 94 valence electrons. The van der Waals surface area contributed by atoms with Crippen LogP contribution in [0, 0.1) is 6.92 Å². The van der Waals surface area contributed by atoms with Crippen molar-refractivity contribution in [1.29, 1.82) is 0 Å². The van der Waals surface area contributed by atoms with Crippen LogP contribution in [0.4, 0.5) is 5.69 Å². The average molecular weight is 264 g/mol. The predicted octanol–water partition coefficient (Wildman–Crippen LogP) is 2.39. The van der Waals surface area contributed by atoms with Crippen molar-refractivity contribution in [1.82, 2.24) is 9.97 Å². The number of H-pyrrole nitrogens is 1. The Balaban J connectivity index is 1.92. The second-order valence-electron chi connectivity index (χ2n) is 4.02. The van der Waals surface area contributed by atoms with E-state index in [1.165, 1.54) is 6.07 Å². The predicted molar refractivity (Wildman–Crippen MR) is 73.2 cm³/mol. The maximum Gasteiger partial charge on any atom is 0.251 e. The number of rotatable bonds is 4. The van der Waals surface area contributed by atoms with Crippen molar-refractivity contribution >= 4 is 17.3 Å². The maximum atomic E-state index is 11.3. The molecule has 0 radical (unpaired) electrons. The highest BCUT2D eigenvalue weighted by Crippen LogP contribution is 2.13. The number of nitrogens with zero attached hydrogens (tertiary/aromatic N) is 1. The van der Waals surface area contributed by atoms with E-state index in [2.05, 4.69) is 15.3 Å². The maximum absolute atomic E-state index is 11.3. The van der Waals surface area contributed by atoms with Crippen molar-refractivity contribution in [2.75, 3.05) is 11.9 Å². The zero-order valence-corrected chi connectivity index (χ0v) is 10.8. The molecular weight excluding hydrogens is 250 g/mol. The van der Waals surface area contributed by atoms with E-state index in [9.17, 15) is 4.79 Å². The summed E-state index contributed by atoms with van der Waals surface area (Å²) >= 11 is 5.80. The van der Waals surface area contributed by atoms with E-state index in [-0.39, 0.29) is 5.56 Å². The van der Waals surface area contributed by atoms with Crippen LogP contribution in [-0.4, -0.2) is 16.5 Å². The Labute approximate surface area is 110 Å². The van der Waals surface area contributed by atoms with Gasteiger partial charge in [0.1, 0.15) is 5.82 Å². The van der Waals surface area contributed by atoms with Crippen LogP contribution >= 0.6 is 11.6 Å². The summed E-state index contributed by atoms with van der Waals surface area (Å²) < 4.78 is 0. The van der Waals surface area contributed by atoms with Gasteiger partial charge in [-0.3, -0.25) is 4.79 Å². The molecule has 18 heavy (non-hydrogen) atoms. The molecule has 0 aliphatic rings. The van der Waals surface area contributed by atoms with Gasteiger partial charge in [-0.05, 0) is 31.2 Å². The summed E-state index contributed by atoms with van der Waals surface area (Å²) in [6, 6.07) is 8.97. The van der Waals surface area contributed by atoms with Crippen LogP contribution in [0.15, 0.2) is 35.1 Å². The van der Waals surface area contributed by atoms with Crippen molar-refractivity contribution in [3.8, 4) is 0 Å². The van der Waals surface area contributed by atoms with E-state index in [1.807, 2.05) is 31.2 Å². The quantitative estimate of drug-likeness (QED) is 0.891. The highest BCUT2D eigenvalue weighted by molar-refractivity contribution is 6.30. The molecule has 0 fully saturated rings. The molecule has 5 heteroatoms. The number of hydrogen-bond donors (Lipinski definition) is 2. The topological polar surface area (TPSA) is 57.8 Å². The van der Waals surface area contributed by atoms with E-state index in [0.717, 1.165) is 11.4 Å². The van der Waals surface area contributed by atoms with Crippen molar-refractivity contribution in [3.63, 3.8) is 0 Å². The second kappa shape index (κ2) is 5.69. The fourth-order valence-corrected chi connectivity index (χ4v) is 1.78. The normalized spacial score (nSPS) is 10.3. The minimum absolute atomic E-state index is 0.107. The number of nitrogens with one attached hydrogen (secondary N) is 2. The third kappa shape index (κ3) is 3.60. The van der Waals surface area contributed by atoms with Crippen LogP contribution in [0.25, 0.3) is 0 Å². The molecule has 1 aromatic carbocycles. The van der Waals surface area contributed by atoms with Gasteiger partial charge in [-0.15, -0.1) is 0 Å². The first-order valence-corrected chi connectivity index (χ1v) is 6.07. The first-order valence-electron chi connectivity index (χ1n) is 5.70. The summed E-state index contributed by atoms with van der Waals surface area (Å²) in [4.78, 5) is 18.2. The lowest BCUT2D eigenvalue weighted by atomic mass is 10.3. The molecule has 0 bridgehead atoms. The van der Waals surface area contributed by atoms with Gasteiger partial charge >= 0.3 is 0 Å². The van der Waals surface area contributed by atoms with Gasteiger partial charge in [-0.25, -0.2) is 4.98 Å². The standard InChI is InChI=1S/C13H14ClN3O/c1-9-8-13(18)17-12(16-9)6-7-15-11-4-2-10(14)3-5-11/h2-5,8,15H,6-7H2,1H3,(H,16,17,18). The summed E-state index contributed by atoms with van der Waals surface area (Å²) in [6.45, 7) is 2.51. The SMILES string of the molecule is Cc1cc(=O)[nH]c(CCNc2ccc(Cl)cc2)n1. The fraction of sp³-hybridized carbons (Fsp3) is 0.231. The summed E-state index contributed by atoms with van der Waals surface area (Å²) in [5.74, 6) is 0.696. The minimum atomic E-state index is -0.107. The van der Waals surface area contributed by atoms with Gasteiger partial charge in [0.15, 0.2) is 0 Å². The largest absolute Gasteiger partial charge is 0.385 e. The summed E-state index contributed by atoms with van der Waals surface area (Å²) in [5.41, 5.74) is 1.62. The van der Waals surface area contributed by atoms with E-state index < -0.39 is 0 Å². The second-order valence-corrected chi connectivity index (χ2v) is 4.45. The first-order chi connectivity index (χ1) is 8.63. The Hall–Kier alpha value is -1.81. The third-order valence-electron chi connectivity index (χ3n) is 2.45. The number of hydrogen-bond acceptors (Lipinski definition) is 3. The molecular formula is C13H14ClN3O. The Bertz CT molecular complexity index is 578. The molecule has 0 aliphatic carbocycles. The molecule has 4 nitrogen and oxygen atoms in total. The Morgan fingerprint density at radius 1 is 1.33 bits per heavy atom. The zero-order valence-electron chi connectivity index (χ0n) is 10.0. The van der Waals surface area contributed by atoms with Gasteiger partial charge in [-0.2, -0.15) is 0 Å². The van der Waals surface area contributed by atoms with Crippen molar-refractivity contribution in [2.24, 2.45) is 0 Å². The lowest BCUT2D eigenvalue weighted by molar-refractivity contribution is 0.865. The third-order valence-corrected chi connectivity index (χ3v) is 2.71. The van der Waals surface area contributed by atoms with Gasteiger partial charge in [0.05, 0.1) is 0 Å². The van der Waals surface area contributed by atoms with Crippen LogP contribution in [0.1, 0.15) is 11.5 Å². The molecule has 1 aromatic heterocycles.